The van der Waals surface area contributed by atoms with Gasteiger partial charge in [-0.3, -0.25) is 9.78 Å². The first kappa shape index (κ1) is 13.1. The lowest BCUT2D eigenvalue weighted by molar-refractivity contribution is 0.0954. The SMILES string of the molecule is CC(=NNC(=O)c1ccc2c(c1)OCO2)c1ccncc1. The smallest absolute Gasteiger partial charge is 0.271 e. The molecule has 3 rings (SSSR count). The van der Waals surface area contributed by atoms with Crippen molar-refractivity contribution in [3.63, 3.8) is 0 Å². The maximum Gasteiger partial charge on any atom is 0.271 e. The Bertz CT molecular complexity index is 699. The summed E-state index contributed by atoms with van der Waals surface area (Å²) < 4.78 is 10.4. The lowest BCUT2D eigenvalue weighted by Gasteiger charge is -2.03. The average Bonchev–Trinajstić information content (AvgIpc) is 3.00. The van der Waals surface area contributed by atoms with Crippen molar-refractivity contribution in [2.24, 2.45) is 5.10 Å². The zero-order valence-corrected chi connectivity index (χ0v) is 11.4. The van der Waals surface area contributed by atoms with Crippen LogP contribution in [-0.2, 0) is 0 Å². The summed E-state index contributed by atoms with van der Waals surface area (Å²) in [5, 5.41) is 4.08. The van der Waals surface area contributed by atoms with Crippen molar-refractivity contribution in [1.29, 1.82) is 0 Å². The van der Waals surface area contributed by atoms with E-state index in [0.717, 1.165) is 5.56 Å². The molecular weight excluding hydrogens is 270 g/mol. The number of hydrogen-bond acceptors (Lipinski definition) is 5. The number of nitrogens with zero attached hydrogens (tertiary/aromatic N) is 2. The molecule has 6 nitrogen and oxygen atoms in total. The highest BCUT2D eigenvalue weighted by Crippen LogP contribution is 2.32. The van der Waals surface area contributed by atoms with Crippen LogP contribution < -0.4 is 14.9 Å². The van der Waals surface area contributed by atoms with Crippen LogP contribution in [0.25, 0.3) is 0 Å². The largest absolute Gasteiger partial charge is 0.454 e. The van der Waals surface area contributed by atoms with Gasteiger partial charge in [-0.2, -0.15) is 5.10 Å². The molecule has 1 amide bonds. The summed E-state index contributed by atoms with van der Waals surface area (Å²) in [6, 6.07) is 8.66. The number of carbonyl (C=O) groups excluding carboxylic acids is 1. The first-order valence-corrected chi connectivity index (χ1v) is 6.39. The van der Waals surface area contributed by atoms with Gasteiger partial charge in [0.15, 0.2) is 11.5 Å². The van der Waals surface area contributed by atoms with Gasteiger partial charge in [0.05, 0.1) is 5.71 Å². The summed E-state index contributed by atoms with van der Waals surface area (Å²) >= 11 is 0. The molecule has 2 heterocycles. The lowest BCUT2D eigenvalue weighted by Crippen LogP contribution is -2.19. The molecule has 0 bridgehead atoms. The van der Waals surface area contributed by atoms with Crippen LogP contribution in [0.3, 0.4) is 0 Å². The van der Waals surface area contributed by atoms with Crippen LogP contribution in [0.1, 0.15) is 22.8 Å². The Kier molecular flexibility index (Phi) is 3.51. The van der Waals surface area contributed by atoms with Crippen LogP contribution in [0.15, 0.2) is 47.8 Å². The fraction of sp³-hybridized carbons (Fsp3) is 0.133. The molecule has 0 unspecified atom stereocenters. The van der Waals surface area contributed by atoms with Gasteiger partial charge in [0.1, 0.15) is 0 Å². The van der Waals surface area contributed by atoms with Gasteiger partial charge in [-0.1, -0.05) is 0 Å². The van der Waals surface area contributed by atoms with E-state index in [2.05, 4.69) is 15.5 Å². The molecule has 0 aliphatic carbocycles. The van der Waals surface area contributed by atoms with Crippen molar-refractivity contribution >= 4 is 11.6 Å². The molecule has 6 heteroatoms. The monoisotopic (exact) mass is 283 g/mol. The molecular formula is C15H13N3O3. The Morgan fingerprint density at radius 1 is 1.14 bits per heavy atom. The first-order chi connectivity index (χ1) is 10.2. The Morgan fingerprint density at radius 2 is 1.90 bits per heavy atom. The Balaban J connectivity index is 1.72. The van der Waals surface area contributed by atoms with Gasteiger partial charge in [-0.15, -0.1) is 0 Å². The van der Waals surface area contributed by atoms with Gasteiger partial charge in [0.25, 0.3) is 5.91 Å². The van der Waals surface area contributed by atoms with E-state index in [-0.39, 0.29) is 12.7 Å². The quantitative estimate of drug-likeness (QED) is 0.690. The number of aromatic nitrogens is 1. The number of hydrazone groups is 1. The number of carbonyl (C=O) groups is 1. The first-order valence-electron chi connectivity index (χ1n) is 6.39. The molecule has 1 aromatic heterocycles. The minimum absolute atomic E-state index is 0.180. The number of ether oxygens (including phenoxy) is 2. The maximum absolute atomic E-state index is 12.1. The van der Waals surface area contributed by atoms with Crippen LogP contribution >= 0.6 is 0 Å². The van der Waals surface area contributed by atoms with Crippen LogP contribution in [0, 0.1) is 0 Å². The molecule has 106 valence electrons. The van der Waals surface area contributed by atoms with Crippen LogP contribution in [-0.4, -0.2) is 23.4 Å². The van der Waals surface area contributed by atoms with Gasteiger partial charge in [0.2, 0.25) is 6.79 Å². The number of amides is 1. The standard InChI is InChI=1S/C15H13N3O3/c1-10(11-4-6-16-7-5-11)17-18-15(19)12-2-3-13-14(8-12)21-9-20-13/h2-8H,9H2,1H3,(H,18,19). The second kappa shape index (κ2) is 5.62. The Labute approximate surface area is 121 Å². The topological polar surface area (TPSA) is 72.8 Å². The van der Waals surface area contributed by atoms with E-state index < -0.39 is 0 Å². The summed E-state index contributed by atoms with van der Waals surface area (Å²) in [6.07, 6.45) is 3.35. The highest BCUT2D eigenvalue weighted by atomic mass is 16.7. The number of hydrogen-bond donors (Lipinski definition) is 1. The van der Waals surface area contributed by atoms with E-state index in [9.17, 15) is 4.79 Å². The van der Waals surface area contributed by atoms with Gasteiger partial charge in [-0.25, -0.2) is 5.43 Å². The third-order valence-corrected chi connectivity index (χ3v) is 3.06. The molecule has 0 atom stereocenters. The molecule has 1 aromatic carbocycles. The fourth-order valence-electron chi connectivity index (χ4n) is 1.89. The van der Waals surface area contributed by atoms with Gasteiger partial charge >= 0.3 is 0 Å². The molecule has 2 aromatic rings. The van der Waals surface area contributed by atoms with Crippen molar-refractivity contribution in [3.05, 3.63) is 53.9 Å². The van der Waals surface area contributed by atoms with Gasteiger partial charge < -0.3 is 9.47 Å². The number of benzene rings is 1. The summed E-state index contributed by atoms with van der Waals surface area (Å²) in [7, 11) is 0. The van der Waals surface area contributed by atoms with Crippen LogP contribution in [0.2, 0.25) is 0 Å². The zero-order chi connectivity index (χ0) is 14.7. The molecule has 1 aliphatic heterocycles. The summed E-state index contributed by atoms with van der Waals surface area (Å²) in [4.78, 5) is 16.0. The third kappa shape index (κ3) is 2.84. The van der Waals surface area contributed by atoms with Crippen molar-refractivity contribution in [3.8, 4) is 11.5 Å². The van der Waals surface area contributed by atoms with Crippen molar-refractivity contribution in [1.82, 2.24) is 10.4 Å². The van der Waals surface area contributed by atoms with Crippen molar-refractivity contribution in [2.75, 3.05) is 6.79 Å². The molecule has 0 saturated carbocycles. The molecule has 0 saturated heterocycles. The molecule has 0 spiro atoms. The van der Waals surface area contributed by atoms with E-state index in [1.807, 2.05) is 19.1 Å². The van der Waals surface area contributed by atoms with E-state index in [4.69, 9.17) is 9.47 Å². The fourth-order valence-corrected chi connectivity index (χ4v) is 1.89. The predicted molar refractivity (Wildman–Crippen MR) is 76.5 cm³/mol. The van der Waals surface area contributed by atoms with Crippen LogP contribution in [0.4, 0.5) is 0 Å². The second-order valence-electron chi connectivity index (χ2n) is 4.44. The molecule has 0 fully saturated rings. The number of fused-ring (bicyclic) bond motifs is 1. The number of rotatable bonds is 3. The van der Waals surface area contributed by atoms with Crippen molar-refractivity contribution in [2.45, 2.75) is 6.92 Å². The maximum atomic E-state index is 12.1. The van der Waals surface area contributed by atoms with E-state index in [1.54, 1.807) is 30.6 Å². The molecule has 1 aliphatic rings. The summed E-state index contributed by atoms with van der Waals surface area (Å²) in [5.74, 6) is 0.905. The third-order valence-electron chi connectivity index (χ3n) is 3.06. The highest BCUT2D eigenvalue weighted by Gasteiger charge is 2.15. The van der Waals surface area contributed by atoms with E-state index in [0.29, 0.717) is 22.8 Å². The lowest BCUT2D eigenvalue weighted by atomic mass is 10.2. The van der Waals surface area contributed by atoms with Crippen LogP contribution in [0.5, 0.6) is 11.5 Å². The minimum atomic E-state index is -0.304. The molecule has 1 N–H and O–H groups in total. The summed E-state index contributed by atoms with van der Waals surface area (Å²) in [5.41, 5.74) is 4.58. The van der Waals surface area contributed by atoms with Gasteiger partial charge in [-0.05, 0) is 37.3 Å². The zero-order valence-electron chi connectivity index (χ0n) is 11.4. The predicted octanol–water partition coefficient (Wildman–Crippen LogP) is 1.96. The van der Waals surface area contributed by atoms with Crippen molar-refractivity contribution < 1.29 is 14.3 Å². The van der Waals surface area contributed by atoms with Gasteiger partial charge in [0, 0.05) is 23.5 Å². The molecule has 21 heavy (non-hydrogen) atoms. The average molecular weight is 283 g/mol. The van der Waals surface area contributed by atoms with E-state index in [1.165, 1.54) is 0 Å². The highest BCUT2D eigenvalue weighted by molar-refractivity contribution is 6.00. The number of pyridine rings is 1. The minimum Gasteiger partial charge on any atom is -0.454 e. The Hall–Kier alpha value is -2.89. The number of nitrogens with one attached hydrogen (secondary N) is 1. The Morgan fingerprint density at radius 3 is 2.71 bits per heavy atom. The summed E-state index contributed by atoms with van der Waals surface area (Å²) in [6.45, 7) is 2.00. The normalized spacial score (nSPS) is 13.1. The second-order valence-corrected chi connectivity index (χ2v) is 4.44. The van der Waals surface area contributed by atoms with E-state index >= 15 is 0 Å². The molecule has 0 radical (unpaired) electrons.